The third-order valence-electron chi connectivity index (χ3n) is 23.8. The van der Waals surface area contributed by atoms with Gasteiger partial charge in [-0.25, -0.2) is 86.3 Å². The van der Waals surface area contributed by atoms with Gasteiger partial charge in [0.15, 0.2) is 11.3 Å². The van der Waals surface area contributed by atoms with Gasteiger partial charge < -0.3 is 71.4 Å². The van der Waals surface area contributed by atoms with Gasteiger partial charge in [0.2, 0.25) is 23.6 Å². The number of aromatic nitrogens is 21. The maximum absolute atomic E-state index is 15.1. The van der Waals surface area contributed by atoms with Gasteiger partial charge in [0, 0.05) is 106 Å². The summed E-state index contributed by atoms with van der Waals surface area (Å²) in [6.07, 6.45) is 29.8. The maximum atomic E-state index is 15.1. The Kier molecular flexibility index (Phi) is 23.2. The van der Waals surface area contributed by atoms with Crippen molar-refractivity contribution in [1.82, 2.24) is 103 Å². The molecule has 44 heteroatoms. The number of nitrogens with two attached hydrogens (primary N) is 4. The molecule has 0 saturated heterocycles. The third-order valence-corrected chi connectivity index (χ3v) is 23.8. The fourth-order valence-corrected chi connectivity index (χ4v) is 15.4. The number of rotatable bonds is 18. The van der Waals surface area contributed by atoms with Crippen LogP contribution < -0.4 is 65.5 Å². The first-order valence-electron chi connectivity index (χ1n) is 43.7. The SMILES string of the molecule is CC(C)(C)c1nnc(NC(=O)Nc2ccc(-c3cn(C4CC4)c4ncnc(N)c34)cc2F)o1.CC(C)(C)n1cnc(NC(=O)Nc2ccc(-c3cn(C4CC4)c4ncnc(N)c34)cc2F)n1.CC1(c2cc(NC(=O)Nc3ccc(-c4cn(-c5cccnc5)c5ncnc(N)c45)cc3F)on2)CC1.CC1(c2cc(NC(=O)Nc3ccc(-c4cn(-c5ccncc5)c5ncnc(N)c45)cc3F)on2)CC1. The van der Waals surface area contributed by atoms with E-state index in [1.807, 2.05) is 99.7 Å². The molecule has 14 aromatic heterocycles. The molecule has 4 fully saturated rings. The number of fused-ring (bicyclic) bond motifs is 4. The van der Waals surface area contributed by atoms with Crippen LogP contribution >= 0.6 is 0 Å². The topological polar surface area (TPSA) is 539 Å². The molecule has 4 saturated carbocycles. The van der Waals surface area contributed by atoms with Gasteiger partial charge in [-0.1, -0.05) is 74.3 Å². The minimum atomic E-state index is -0.700. The van der Waals surface area contributed by atoms with Crippen LogP contribution in [0.2, 0.25) is 0 Å². The zero-order chi connectivity index (χ0) is 96.4. The van der Waals surface area contributed by atoms with Gasteiger partial charge in [0.1, 0.15) is 89.5 Å². The van der Waals surface area contributed by atoms with Crippen molar-refractivity contribution < 1.29 is 50.2 Å². The fourth-order valence-electron chi connectivity index (χ4n) is 15.4. The van der Waals surface area contributed by atoms with Crippen LogP contribution in [0.25, 0.3) is 100 Å². The molecular formula is C94H89F4N33O7. The van der Waals surface area contributed by atoms with Gasteiger partial charge in [0.05, 0.1) is 78.8 Å². The Hall–Kier alpha value is -17.6. The molecule has 0 aliphatic heterocycles. The van der Waals surface area contributed by atoms with Gasteiger partial charge in [-0.2, -0.15) is 0 Å². The van der Waals surface area contributed by atoms with Crippen molar-refractivity contribution in [1.29, 1.82) is 0 Å². The van der Waals surface area contributed by atoms with E-state index >= 15 is 8.78 Å². The van der Waals surface area contributed by atoms with E-state index in [9.17, 15) is 28.0 Å². The Balaban J connectivity index is 0.000000118. The van der Waals surface area contributed by atoms with Crippen LogP contribution in [-0.4, -0.2) is 128 Å². The number of carbonyl (C=O) groups is 4. The predicted octanol–water partition coefficient (Wildman–Crippen LogP) is 18.4. The van der Waals surface area contributed by atoms with Gasteiger partial charge in [0.25, 0.3) is 0 Å². The standard InChI is InChI=1S/2C25H21FN8O2.C22H24FN9O.C22H23FN8O2/c1-25(6-7-25)19-11-20(36-33-19)32-24(35)31-18-3-2-14(10-17(18)26)16-12-34(15-4-8-28-9-5-15)23-21(16)22(27)29-13-30-23;1-25(6-7-25)19-10-20(36-33-19)32-24(35)31-18-5-4-14(9-17(18)26)16-12-34(15-3-2-8-28-11-15)23-21(16)22(27)29-13-30-23;1-22(2,3)32-11-27-20(30-32)29-21(33)28-16-7-4-12(8-15(16)23)14-9-31(13-5-6-13)19-17(14)18(24)25-10-26-19;1-22(2,3)19-29-30-21(33-19)28-20(32)27-15-7-4-11(8-14(15)23)13-9-31(12-5-6-12)18-16(13)17(24)25-10-26-18/h2*2-5,8-13H,6-7H2,1H3,(H2,27,29,30)(H2,31,32,35);4,7-11,13H,5-6H2,1-3H3,(H2,24,25,26)(H2,28,29,30,33);4,7-10,12H,5-6H2,1-3H3,(H2,24,25,26)(H2,27,28,30,32). The van der Waals surface area contributed by atoms with E-state index in [1.165, 1.54) is 80.2 Å². The summed E-state index contributed by atoms with van der Waals surface area (Å²) in [6.45, 7) is 15.8. The highest BCUT2D eigenvalue weighted by molar-refractivity contribution is 6.07. The van der Waals surface area contributed by atoms with Crippen molar-refractivity contribution in [3.8, 4) is 55.9 Å². The lowest BCUT2D eigenvalue weighted by molar-refractivity contribution is 0.260. The largest absolute Gasteiger partial charge is 0.407 e. The second-order valence-electron chi connectivity index (χ2n) is 36.1. The number of nitrogens with zero attached hydrogens (tertiary/aromatic N) is 21. The van der Waals surface area contributed by atoms with Crippen molar-refractivity contribution in [2.24, 2.45) is 0 Å². The first-order valence-corrected chi connectivity index (χ1v) is 43.7. The molecule has 700 valence electrons. The molecule has 0 spiro atoms. The summed E-state index contributed by atoms with van der Waals surface area (Å²) in [5.74, 6) is -0.296. The lowest BCUT2D eigenvalue weighted by atomic mass is 9.97. The summed E-state index contributed by atoms with van der Waals surface area (Å²) in [6, 6.07) is 26.9. The number of nitrogens with one attached hydrogen (secondary N) is 8. The molecule has 16 N–H and O–H groups in total. The molecule has 0 unspecified atom stereocenters. The Labute approximate surface area is 780 Å². The molecule has 22 rings (SSSR count). The van der Waals surface area contributed by atoms with Crippen molar-refractivity contribution >= 4 is 138 Å². The molecule has 138 heavy (non-hydrogen) atoms. The Morgan fingerprint density at radius 3 is 1.19 bits per heavy atom. The number of benzene rings is 4. The highest BCUT2D eigenvalue weighted by Crippen LogP contribution is 2.50. The minimum absolute atomic E-state index is 0.00182. The van der Waals surface area contributed by atoms with Crippen LogP contribution in [0.5, 0.6) is 0 Å². The van der Waals surface area contributed by atoms with Crippen LogP contribution in [-0.2, 0) is 21.8 Å². The van der Waals surface area contributed by atoms with E-state index in [1.54, 1.807) is 65.9 Å². The average molecular weight is 1870 g/mol. The van der Waals surface area contributed by atoms with Gasteiger partial charge in [-0.3, -0.25) is 35.8 Å². The number of hydrogen-bond acceptors (Lipinski definition) is 27. The normalized spacial score (nSPS) is 14.0. The highest BCUT2D eigenvalue weighted by atomic mass is 19.1. The van der Waals surface area contributed by atoms with Gasteiger partial charge >= 0.3 is 30.1 Å². The molecule has 4 aromatic carbocycles. The van der Waals surface area contributed by atoms with Gasteiger partial charge in [-0.15, -0.1) is 10.2 Å². The number of amides is 8. The number of anilines is 12. The molecule has 18 aromatic rings. The van der Waals surface area contributed by atoms with Crippen LogP contribution in [0.3, 0.4) is 0 Å². The monoisotopic (exact) mass is 1870 g/mol. The molecule has 4 aliphatic carbocycles. The van der Waals surface area contributed by atoms with E-state index in [0.29, 0.717) is 95.8 Å². The maximum Gasteiger partial charge on any atom is 0.327 e. The van der Waals surface area contributed by atoms with Crippen LogP contribution in [0.4, 0.5) is 106 Å². The summed E-state index contributed by atoms with van der Waals surface area (Å²) in [5, 5.41) is 42.5. The van der Waals surface area contributed by atoms with Crippen LogP contribution in [0.15, 0.2) is 204 Å². The van der Waals surface area contributed by atoms with E-state index < -0.39 is 47.4 Å². The first-order chi connectivity index (χ1) is 66.2. The molecule has 0 radical (unpaired) electrons. The second kappa shape index (κ2) is 35.7. The second-order valence-corrected chi connectivity index (χ2v) is 36.1. The Bertz CT molecular complexity index is 7300. The summed E-state index contributed by atoms with van der Waals surface area (Å²) in [5.41, 5.74) is 34.9. The zero-order valence-corrected chi connectivity index (χ0v) is 75.3. The molecular weight excluding hydrogens is 1780 g/mol. The van der Waals surface area contributed by atoms with Crippen molar-refractivity contribution in [3.05, 3.63) is 231 Å². The van der Waals surface area contributed by atoms with Crippen LogP contribution in [0.1, 0.15) is 136 Å². The summed E-state index contributed by atoms with van der Waals surface area (Å²) in [7, 11) is 0. The van der Waals surface area contributed by atoms with E-state index in [4.69, 9.17) is 36.4 Å². The average Bonchev–Trinajstić information content (AvgIpc) is 1.59. The lowest BCUT2D eigenvalue weighted by Gasteiger charge is -2.17. The van der Waals surface area contributed by atoms with Crippen LogP contribution in [0, 0.1) is 23.3 Å². The van der Waals surface area contributed by atoms with E-state index in [2.05, 4.69) is 146 Å². The first kappa shape index (κ1) is 89.6. The fraction of sp³-hybridized carbons (Fsp3) is 0.234. The number of halogens is 4. The van der Waals surface area contributed by atoms with E-state index in [0.717, 1.165) is 96.6 Å². The predicted molar refractivity (Wildman–Crippen MR) is 509 cm³/mol. The van der Waals surface area contributed by atoms with Crippen molar-refractivity contribution in [3.63, 3.8) is 0 Å². The molecule has 14 heterocycles. The van der Waals surface area contributed by atoms with E-state index in [-0.39, 0.29) is 79.9 Å². The Morgan fingerprint density at radius 1 is 0.428 bits per heavy atom. The molecule has 0 atom stereocenters. The number of pyridine rings is 2. The van der Waals surface area contributed by atoms with Crippen molar-refractivity contribution in [2.75, 3.05) is 65.5 Å². The number of urea groups is 4. The van der Waals surface area contributed by atoms with Crippen molar-refractivity contribution in [2.45, 2.75) is 141 Å². The molecule has 40 nitrogen and oxygen atoms in total. The summed E-state index contributed by atoms with van der Waals surface area (Å²) < 4.78 is 85.2. The minimum Gasteiger partial charge on any atom is -0.407 e. The zero-order valence-electron chi connectivity index (χ0n) is 75.3. The summed E-state index contributed by atoms with van der Waals surface area (Å²) >= 11 is 0. The smallest absolute Gasteiger partial charge is 0.327 e. The number of carbonyl (C=O) groups excluding carboxylic acids is 4. The number of hydrogen-bond donors (Lipinski definition) is 12. The number of nitrogen functional groups attached to an aromatic ring is 4. The highest BCUT2D eigenvalue weighted by Gasteiger charge is 2.44. The molecule has 4 aliphatic rings. The van der Waals surface area contributed by atoms with Gasteiger partial charge in [-0.05, 0) is 167 Å². The Morgan fingerprint density at radius 2 is 0.819 bits per heavy atom. The summed E-state index contributed by atoms with van der Waals surface area (Å²) in [4.78, 5) is 95.7. The third kappa shape index (κ3) is 18.8. The molecule has 0 bridgehead atoms. The lowest BCUT2D eigenvalue weighted by Crippen LogP contribution is -2.24. The quantitative estimate of drug-likeness (QED) is 0.0355. The molecule has 8 amide bonds.